The highest BCUT2D eigenvalue weighted by Gasteiger charge is 2.34. The quantitative estimate of drug-likeness (QED) is 0.853. The average Bonchev–Trinajstić information content (AvgIpc) is 3.18. The first-order chi connectivity index (χ1) is 11.8. The van der Waals surface area contributed by atoms with Gasteiger partial charge in [0.15, 0.2) is 5.69 Å². The Balaban J connectivity index is 1.79. The molecular formula is C19H28N4O2. The van der Waals surface area contributed by atoms with Crippen LogP contribution in [0, 0.1) is 11.3 Å². The molecule has 1 amide bonds. The third-order valence-electron chi connectivity index (χ3n) is 5.32. The van der Waals surface area contributed by atoms with Crippen molar-refractivity contribution in [2.75, 3.05) is 7.05 Å². The minimum Gasteiger partial charge on any atom is -0.360 e. The Morgan fingerprint density at radius 2 is 2.20 bits per heavy atom. The van der Waals surface area contributed by atoms with Gasteiger partial charge in [0.25, 0.3) is 5.91 Å². The first-order valence-corrected chi connectivity index (χ1v) is 9.04. The summed E-state index contributed by atoms with van der Waals surface area (Å²) in [5.74, 6) is 1.34. The Labute approximate surface area is 149 Å². The lowest BCUT2D eigenvalue weighted by molar-refractivity contribution is 0.0769. The Bertz CT molecular complexity index is 754. The monoisotopic (exact) mass is 344 g/mol. The first kappa shape index (κ1) is 17.7. The van der Waals surface area contributed by atoms with Crippen molar-refractivity contribution >= 4 is 5.91 Å². The Kier molecular flexibility index (Phi) is 4.71. The van der Waals surface area contributed by atoms with Gasteiger partial charge in [-0.1, -0.05) is 25.9 Å². The molecule has 0 bridgehead atoms. The van der Waals surface area contributed by atoms with Crippen molar-refractivity contribution in [1.29, 1.82) is 0 Å². The third kappa shape index (κ3) is 3.48. The van der Waals surface area contributed by atoms with Crippen LogP contribution in [0.1, 0.15) is 61.6 Å². The summed E-state index contributed by atoms with van der Waals surface area (Å²) >= 11 is 0. The molecular weight excluding hydrogens is 316 g/mol. The highest BCUT2D eigenvalue weighted by molar-refractivity contribution is 5.93. The van der Waals surface area contributed by atoms with Gasteiger partial charge in [0.2, 0.25) is 0 Å². The van der Waals surface area contributed by atoms with Crippen LogP contribution < -0.4 is 0 Å². The molecule has 0 fully saturated rings. The van der Waals surface area contributed by atoms with E-state index in [0.29, 0.717) is 18.2 Å². The van der Waals surface area contributed by atoms with E-state index in [2.05, 4.69) is 31.0 Å². The number of amides is 1. The van der Waals surface area contributed by atoms with E-state index in [-0.39, 0.29) is 11.3 Å². The molecule has 0 unspecified atom stereocenters. The molecule has 0 spiro atoms. The van der Waals surface area contributed by atoms with Crippen molar-refractivity contribution in [1.82, 2.24) is 19.8 Å². The lowest BCUT2D eigenvalue weighted by Gasteiger charge is -2.33. The number of rotatable bonds is 4. The summed E-state index contributed by atoms with van der Waals surface area (Å²) in [6.45, 7) is 10.1. The van der Waals surface area contributed by atoms with Crippen LogP contribution in [0.5, 0.6) is 0 Å². The Morgan fingerprint density at radius 3 is 2.88 bits per heavy atom. The van der Waals surface area contributed by atoms with Gasteiger partial charge in [-0.25, -0.2) is 0 Å². The molecule has 0 aliphatic heterocycles. The smallest absolute Gasteiger partial charge is 0.276 e. The number of carbonyl (C=O) groups excluding carboxylic acids is 1. The molecule has 6 heteroatoms. The van der Waals surface area contributed by atoms with Gasteiger partial charge in [-0.2, -0.15) is 5.10 Å². The van der Waals surface area contributed by atoms with Crippen LogP contribution in [0.15, 0.2) is 16.8 Å². The number of aryl methyl sites for hydroxylation is 2. The maximum atomic E-state index is 12.9. The summed E-state index contributed by atoms with van der Waals surface area (Å²) in [5.41, 5.74) is 2.72. The van der Waals surface area contributed by atoms with Crippen LogP contribution in [0.25, 0.3) is 0 Å². The molecule has 2 heterocycles. The summed E-state index contributed by atoms with van der Waals surface area (Å²) in [6.07, 6.45) is 4.59. The SMILES string of the molecule is CCn1nccc1CN(C)C(=O)c1noc2c1C[C@@H](C(C)(C)C)CC2. The molecule has 25 heavy (non-hydrogen) atoms. The molecule has 2 aromatic rings. The van der Waals surface area contributed by atoms with Crippen molar-refractivity contribution in [2.24, 2.45) is 11.3 Å². The predicted molar refractivity (Wildman–Crippen MR) is 95.2 cm³/mol. The fraction of sp³-hybridized carbons (Fsp3) is 0.632. The van der Waals surface area contributed by atoms with E-state index in [1.54, 1.807) is 18.1 Å². The van der Waals surface area contributed by atoms with E-state index in [4.69, 9.17) is 4.52 Å². The minimum absolute atomic E-state index is 0.0802. The average molecular weight is 344 g/mol. The topological polar surface area (TPSA) is 64.2 Å². The van der Waals surface area contributed by atoms with E-state index in [0.717, 1.165) is 42.8 Å². The Hall–Kier alpha value is -2.11. The van der Waals surface area contributed by atoms with Gasteiger partial charge in [-0.3, -0.25) is 9.48 Å². The van der Waals surface area contributed by atoms with Crippen molar-refractivity contribution in [3.8, 4) is 0 Å². The number of hydrogen-bond donors (Lipinski definition) is 0. The van der Waals surface area contributed by atoms with Crippen LogP contribution in [-0.4, -0.2) is 32.8 Å². The van der Waals surface area contributed by atoms with Crippen molar-refractivity contribution in [3.63, 3.8) is 0 Å². The maximum absolute atomic E-state index is 12.9. The lowest BCUT2D eigenvalue weighted by Crippen LogP contribution is -2.31. The number of carbonyl (C=O) groups is 1. The summed E-state index contributed by atoms with van der Waals surface area (Å²) in [5, 5.41) is 8.38. The molecule has 1 aliphatic carbocycles. The van der Waals surface area contributed by atoms with Crippen molar-refractivity contribution in [2.45, 2.75) is 60.0 Å². The summed E-state index contributed by atoms with van der Waals surface area (Å²) in [7, 11) is 1.81. The summed E-state index contributed by atoms with van der Waals surface area (Å²) in [6, 6.07) is 1.95. The molecule has 0 saturated heterocycles. The van der Waals surface area contributed by atoms with Crippen molar-refractivity contribution < 1.29 is 9.32 Å². The molecule has 1 aliphatic rings. The van der Waals surface area contributed by atoms with Crippen molar-refractivity contribution in [3.05, 3.63) is 35.0 Å². The van der Waals surface area contributed by atoms with Gasteiger partial charge in [0.1, 0.15) is 5.76 Å². The van der Waals surface area contributed by atoms with Gasteiger partial charge in [-0.15, -0.1) is 0 Å². The lowest BCUT2D eigenvalue weighted by atomic mass is 9.71. The molecule has 136 valence electrons. The standard InChI is InChI=1S/C19H28N4O2/c1-6-23-14(9-10-20-23)12-22(5)18(24)17-15-11-13(19(2,3)4)7-8-16(15)25-21-17/h9-10,13H,6-8,11-12H2,1-5H3/t13-/m0/s1. The number of aromatic nitrogens is 3. The maximum Gasteiger partial charge on any atom is 0.276 e. The van der Waals surface area contributed by atoms with Crippen LogP contribution in [0.4, 0.5) is 0 Å². The van der Waals surface area contributed by atoms with Gasteiger partial charge < -0.3 is 9.42 Å². The highest BCUT2D eigenvalue weighted by Crippen LogP contribution is 2.38. The van der Waals surface area contributed by atoms with Crippen LogP contribution in [0.3, 0.4) is 0 Å². The second-order valence-electron chi connectivity index (χ2n) is 8.04. The highest BCUT2D eigenvalue weighted by atomic mass is 16.5. The number of fused-ring (bicyclic) bond motifs is 1. The van der Waals surface area contributed by atoms with Gasteiger partial charge in [0, 0.05) is 31.8 Å². The largest absolute Gasteiger partial charge is 0.360 e. The molecule has 1 atom stereocenters. The van der Waals surface area contributed by atoms with E-state index in [9.17, 15) is 4.79 Å². The zero-order valence-corrected chi connectivity index (χ0v) is 15.9. The molecule has 0 radical (unpaired) electrons. The molecule has 0 saturated carbocycles. The predicted octanol–water partition coefficient (Wildman–Crippen LogP) is 3.31. The second kappa shape index (κ2) is 6.65. The van der Waals surface area contributed by atoms with Crippen LogP contribution >= 0.6 is 0 Å². The van der Waals surface area contributed by atoms with Gasteiger partial charge in [0.05, 0.1) is 12.2 Å². The molecule has 6 nitrogen and oxygen atoms in total. The fourth-order valence-corrected chi connectivity index (χ4v) is 3.59. The Morgan fingerprint density at radius 1 is 1.44 bits per heavy atom. The third-order valence-corrected chi connectivity index (χ3v) is 5.32. The molecule has 3 rings (SSSR count). The molecule has 0 aromatic carbocycles. The number of hydrogen-bond acceptors (Lipinski definition) is 4. The fourth-order valence-electron chi connectivity index (χ4n) is 3.59. The van der Waals surface area contributed by atoms with E-state index in [1.807, 2.05) is 17.7 Å². The van der Waals surface area contributed by atoms with Crippen LogP contribution in [0.2, 0.25) is 0 Å². The minimum atomic E-state index is -0.0802. The van der Waals surface area contributed by atoms with E-state index in [1.165, 1.54) is 0 Å². The van der Waals surface area contributed by atoms with Gasteiger partial charge in [-0.05, 0) is 37.2 Å². The zero-order chi connectivity index (χ0) is 18.2. The first-order valence-electron chi connectivity index (χ1n) is 9.04. The van der Waals surface area contributed by atoms with Crippen LogP contribution in [-0.2, 0) is 25.9 Å². The van der Waals surface area contributed by atoms with E-state index >= 15 is 0 Å². The molecule has 2 aromatic heterocycles. The summed E-state index contributed by atoms with van der Waals surface area (Å²) in [4.78, 5) is 14.6. The van der Waals surface area contributed by atoms with Gasteiger partial charge >= 0.3 is 0 Å². The second-order valence-corrected chi connectivity index (χ2v) is 8.04. The normalized spacial score (nSPS) is 17.4. The molecule has 0 N–H and O–H groups in total. The van der Waals surface area contributed by atoms with E-state index < -0.39 is 0 Å². The number of nitrogens with zero attached hydrogens (tertiary/aromatic N) is 4. The zero-order valence-electron chi connectivity index (χ0n) is 15.9. The summed E-state index contributed by atoms with van der Waals surface area (Å²) < 4.78 is 7.38.